The molecule has 5 heteroatoms. The number of aromatic nitrogens is 1. The lowest BCUT2D eigenvalue weighted by molar-refractivity contribution is 0.0935. The first-order valence-electron chi connectivity index (χ1n) is 5.81. The summed E-state index contributed by atoms with van der Waals surface area (Å²) in [4.78, 5) is 16.1. The van der Waals surface area contributed by atoms with Gasteiger partial charge in [-0.1, -0.05) is 0 Å². The Balaban J connectivity index is 2.03. The van der Waals surface area contributed by atoms with Crippen LogP contribution in [0.4, 0.5) is 5.69 Å². The van der Waals surface area contributed by atoms with E-state index in [1.54, 1.807) is 12.4 Å². The van der Waals surface area contributed by atoms with Gasteiger partial charge in [-0.3, -0.25) is 9.78 Å². The van der Waals surface area contributed by atoms with Crippen molar-refractivity contribution in [2.24, 2.45) is 0 Å². The Kier molecular flexibility index (Phi) is 4.25. The number of thioether (sulfide) groups is 1. The Morgan fingerprint density at radius 1 is 1.47 bits per heavy atom. The Morgan fingerprint density at radius 3 is 2.94 bits per heavy atom. The molecule has 1 fully saturated rings. The second kappa shape index (κ2) is 5.91. The zero-order chi connectivity index (χ0) is 12.1. The van der Waals surface area contributed by atoms with Gasteiger partial charge in [-0.05, 0) is 30.4 Å². The summed E-state index contributed by atoms with van der Waals surface area (Å²) in [6.07, 6.45) is 5.41. The molecule has 1 amide bonds. The van der Waals surface area contributed by atoms with Crippen molar-refractivity contribution in [3.63, 3.8) is 0 Å². The number of nitrogens with one attached hydrogen (secondary N) is 2. The van der Waals surface area contributed by atoms with E-state index >= 15 is 0 Å². The molecule has 0 radical (unpaired) electrons. The molecule has 17 heavy (non-hydrogen) atoms. The fourth-order valence-corrected chi connectivity index (χ4v) is 3.00. The number of amides is 1. The zero-order valence-electron chi connectivity index (χ0n) is 9.90. The number of hydrogen-bond acceptors (Lipinski definition) is 4. The highest BCUT2D eigenvalue weighted by Gasteiger charge is 2.18. The molecule has 1 aromatic heterocycles. The first-order valence-corrected chi connectivity index (χ1v) is 6.97. The van der Waals surface area contributed by atoms with Crippen LogP contribution in [-0.2, 0) is 0 Å². The monoisotopic (exact) mass is 251 g/mol. The maximum absolute atomic E-state index is 12.1. The van der Waals surface area contributed by atoms with E-state index in [9.17, 15) is 4.79 Å². The first-order chi connectivity index (χ1) is 8.31. The molecule has 0 saturated carbocycles. The van der Waals surface area contributed by atoms with E-state index in [4.69, 9.17) is 0 Å². The zero-order valence-corrected chi connectivity index (χ0v) is 10.7. The Hall–Kier alpha value is -1.23. The molecule has 1 saturated heterocycles. The Bertz CT molecular complexity index is 391. The average molecular weight is 251 g/mol. The van der Waals surface area contributed by atoms with Gasteiger partial charge < -0.3 is 10.6 Å². The summed E-state index contributed by atoms with van der Waals surface area (Å²) in [6.45, 7) is 0. The summed E-state index contributed by atoms with van der Waals surface area (Å²) in [7, 11) is 1.81. The molecule has 0 spiro atoms. The summed E-state index contributed by atoms with van der Waals surface area (Å²) in [5, 5.41) is 6.09. The van der Waals surface area contributed by atoms with Gasteiger partial charge in [-0.25, -0.2) is 0 Å². The molecule has 4 nitrogen and oxygen atoms in total. The topological polar surface area (TPSA) is 54.0 Å². The molecule has 0 unspecified atom stereocenters. The highest BCUT2D eigenvalue weighted by atomic mass is 32.2. The Morgan fingerprint density at radius 2 is 2.24 bits per heavy atom. The molecule has 2 N–H and O–H groups in total. The van der Waals surface area contributed by atoms with Crippen molar-refractivity contribution in [3.05, 3.63) is 24.0 Å². The number of anilines is 1. The van der Waals surface area contributed by atoms with Gasteiger partial charge in [-0.2, -0.15) is 11.8 Å². The average Bonchev–Trinajstić information content (AvgIpc) is 2.40. The minimum absolute atomic E-state index is 0.0284. The summed E-state index contributed by atoms with van der Waals surface area (Å²) in [5.74, 6) is 2.24. The quantitative estimate of drug-likeness (QED) is 0.859. The van der Waals surface area contributed by atoms with Crippen LogP contribution in [0.1, 0.15) is 23.2 Å². The van der Waals surface area contributed by atoms with E-state index in [-0.39, 0.29) is 5.91 Å². The van der Waals surface area contributed by atoms with Crippen molar-refractivity contribution >= 4 is 23.4 Å². The molecule has 0 bridgehead atoms. The van der Waals surface area contributed by atoms with E-state index in [0.717, 1.165) is 30.0 Å². The fraction of sp³-hybridized carbons (Fsp3) is 0.500. The number of pyridine rings is 1. The van der Waals surface area contributed by atoms with Gasteiger partial charge in [0.1, 0.15) is 0 Å². The number of rotatable bonds is 3. The van der Waals surface area contributed by atoms with Crippen LogP contribution in [0, 0.1) is 0 Å². The third-order valence-electron chi connectivity index (χ3n) is 2.89. The van der Waals surface area contributed by atoms with Gasteiger partial charge in [0.15, 0.2) is 0 Å². The van der Waals surface area contributed by atoms with Crippen molar-refractivity contribution < 1.29 is 4.79 Å². The molecule has 0 atom stereocenters. The summed E-state index contributed by atoms with van der Waals surface area (Å²) in [6, 6.07) is 2.12. The van der Waals surface area contributed by atoms with E-state index in [1.165, 1.54) is 0 Å². The lowest BCUT2D eigenvalue weighted by Gasteiger charge is -2.22. The first kappa shape index (κ1) is 12.2. The van der Waals surface area contributed by atoms with Crippen LogP contribution in [0.15, 0.2) is 18.5 Å². The predicted octanol–water partition coefficient (Wildman–Crippen LogP) is 1.75. The van der Waals surface area contributed by atoms with Crippen molar-refractivity contribution in [2.75, 3.05) is 23.9 Å². The molecule has 1 aliphatic rings. The van der Waals surface area contributed by atoms with Crippen LogP contribution in [-0.4, -0.2) is 35.5 Å². The van der Waals surface area contributed by atoms with E-state index in [1.807, 2.05) is 24.9 Å². The van der Waals surface area contributed by atoms with Crippen LogP contribution in [0.3, 0.4) is 0 Å². The normalized spacial score (nSPS) is 16.5. The van der Waals surface area contributed by atoms with Crippen molar-refractivity contribution in [3.8, 4) is 0 Å². The number of carbonyl (C=O) groups is 1. The highest BCUT2D eigenvalue weighted by Crippen LogP contribution is 2.18. The summed E-state index contributed by atoms with van der Waals surface area (Å²) in [5.41, 5.74) is 1.44. The van der Waals surface area contributed by atoms with Gasteiger partial charge in [0.25, 0.3) is 5.91 Å². The molecular formula is C12H17N3OS. The lowest BCUT2D eigenvalue weighted by atomic mass is 10.1. The smallest absolute Gasteiger partial charge is 0.255 e. The van der Waals surface area contributed by atoms with E-state index in [0.29, 0.717) is 11.6 Å². The molecule has 2 heterocycles. The van der Waals surface area contributed by atoms with Crippen molar-refractivity contribution in [2.45, 2.75) is 18.9 Å². The van der Waals surface area contributed by atoms with Crippen LogP contribution in [0.25, 0.3) is 0 Å². The predicted molar refractivity (Wildman–Crippen MR) is 71.6 cm³/mol. The van der Waals surface area contributed by atoms with Gasteiger partial charge in [0, 0.05) is 31.2 Å². The maximum Gasteiger partial charge on any atom is 0.255 e. The minimum Gasteiger partial charge on any atom is -0.387 e. The fourth-order valence-electron chi connectivity index (χ4n) is 1.90. The molecule has 0 aliphatic carbocycles. The van der Waals surface area contributed by atoms with Crippen LogP contribution >= 0.6 is 11.8 Å². The number of nitrogens with zero attached hydrogens (tertiary/aromatic N) is 1. The molecule has 1 aromatic rings. The summed E-state index contributed by atoms with van der Waals surface area (Å²) >= 11 is 1.95. The molecule has 92 valence electrons. The van der Waals surface area contributed by atoms with Crippen LogP contribution in [0.2, 0.25) is 0 Å². The highest BCUT2D eigenvalue weighted by molar-refractivity contribution is 7.99. The Labute approximate surface area is 106 Å². The van der Waals surface area contributed by atoms with Gasteiger partial charge in [-0.15, -0.1) is 0 Å². The SMILES string of the molecule is CNc1ccncc1C(=O)NC1CCSCC1. The standard InChI is InChI=1S/C12H17N3OS/c1-13-11-2-5-14-8-10(11)12(16)15-9-3-6-17-7-4-9/h2,5,8-9H,3-4,6-7H2,1H3,(H,13,14)(H,15,16). The van der Waals surface area contributed by atoms with Crippen molar-refractivity contribution in [1.82, 2.24) is 10.3 Å². The van der Waals surface area contributed by atoms with Crippen LogP contribution in [0.5, 0.6) is 0 Å². The van der Waals surface area contributed by atoms with Gasteiger partial charge in [0.05, 0.1) is 5.56 Å². The van der Waals surface area contributed by atoms with Crippen LogP contribution < -0.4 is 10.6 Å². The second-order valence-corrected chi connectivity index (χ2v) is 5.26. The lowest BCUT2D eigenvalue weighted by Crippen LogP contribution is -2.37. The second-order valence-electron chi connectivity index (χ2n) is 4.03. The molecule has 0 aromatic carbocycles. The number of carbonyl (C=O) groups excluding carboxylic acids is 1. The van der Waals surface area contributed by atoms with E-state index < -0.39 is 0 Å². The van der Waals surface area contributed by atoms with Gasteiger partial charge in [0.2, 0.25) is 0 Å². The number of hydrogen-bond donors (Lipinski definition) is 2. The maximum atomic E-state index is 12.1. The largest absolute Gasteiger partial charge is 0.387 e. The molecule has 2 rings (SSSR count). The molecular weight excluding hydrogens is 234 g/mol. The third kappa shape index (κ3) is 3.12. The van der Waals surface area contributed by atoms with Crippen molar-refractivity contribution in [1.29, 1.82) is 0 Å². The van der Waals surface area contributed by atoms with E-state index in [2.05, 4.69) is 15.6 Å². The summed E-state index contributed by atoms with van der Waals surface area (Å²) < 4.78 is 0. The third-order valence-corrected chi connectivity index (χ3v) is 3.94. The molecule has 1 aliphatic heterocycles. The van der Waals surface area contributed by atoms with Gasteiger partial charge >= 0.3 is 0 Å². The minimum atomic E-state index is -0.0284.